The number of aliphatic hydroxyl groups excluding tert-OH is 1. The number of hydrogen-bond acceptors (Lipinski definition) is 9. The van der Waals surface area contributed by atoms with E-state index in [0.29, 0.717) is 34.3 Å². The number of aliphatic hydroxyl groups is 1. The quantitative estimate of drug-likeness (QED) is 0.241. The summed E-state index contributed by atoms with van der Waals surface area (Å²) in [6.07, 6.45) is 5.43. The second-order valence-electron chi connectivity index (χ2n) is 9.26. The normalized spacial score (nSPS) is 19.2. The van der Waals surface area contributed by atoms with Gasteiger partial charge in [0, 0.05) is 24.8 Å². The highest BCUT2D eigenvalue weighted by molar-refractivity contribution is 9.10. The first-order chi connectivity index (χ1) is 17.9. The van der Waals surface area contributed by atoms with Crippen LogP contribution < -0.4 is 10.6 Å². The average molecular weight is 574 g/mol. The molecule has 2 aliphatic rings. The van der Waals surface area contributed by atoms with Crippen LogP contribution >= 0.6 is 15.9 Å². The molecule has 2 aliphatic heterocycles. The van der Waals surface area contributed by atoms with Gasteiger partial charge in [-0.3, -0.25) is 14.9 Å². The Bertz CT molecular complexity index is 1300. The monoisotopic (exact) mass is 573 g/mol. The van der Waals surface area contributed by atoms with Crippen molar-refractivity contribution in [3.8, 4) is 5.75 Å². The van der Waals surface area contributed by atoms with Crippen LogP contribution in [0.3, 0.4) is 0 Å². The molecule has 196 valence electrons. The number of fused-ring (bicyclic) bond motifs is 1. The minimum absolute atomic E-state index is 0.0951. The summed E-state index contributed by atoms with van der Waals surface area (Å²) in [5, 5.41) is 19.0. The van der Waals surface area contributed by atoms with Crippen molar-refractivity contribution < 1.29 is 19.0 Å². The van der Waals surface area contributed by atoms with E-state index in [9.17, 15) is 9.50 Å². The molecule has 2 fully saturated rings. The summed E-state index contributed by atoms with van der Waals surface area (Å²) in [5.41, 5.74) is 2.94. The summed E-state index contributed by atoms with van der Waals surface area (Å²) < 4.78 is 26.9. The van der Waals surface area contributed by atoms with Gasteiger partial charge in [-0.05, 0) is 53.9 Å². The van der Waals surface area contributed by atoms with Gasteiger partial charge in [0.25, 0.3) is 0 Å². The number of hydrazone groups is 1. The van der Waals surface area contributed by atoms with E-state index in [-0.39, 0.29) is 12.6 Å². The first-order valence-electron chi connectivity index (χ1n) is 12.2. The Hall–Kier alpha value is -2.93. The number of likely N-dealkylation sites (tertiary alicyclic amines) is 1. The highest BCUT2D eigenvalue weighted by Gasteiger charge is 2.29. The number of pyridine rings is 2. The van der Waals surface area contributed by atoms with Crippen LogP contribution in [0, 0.1) is 5.82 Å². The van der Waals surface area contributed by atoms with Crippen molar-refractivity contribution >= 4 is 32.9 Å². The van der Waals surface area contributed by atoms with Crippen molar-refractivity contribution in [3.05, 3.63) is 58.3 Å². The molecule has 3 aromatic heterocycles. The lowest BCUT2D eigenvalue weighted by Crippen LogP contribution is -2.52. The van der Waals surface area contributed by atoms with Gasteiger partial charge in [-0.2, -0.15) is 10.2 Å². The standard InChI is InChI=1S/C25H29BrFN7O3/c1-15(31-18-4-6-33(7-5-18)19-12-36-13-19)24(32-28)16-8-23(25-20(26)10-30-34(25)11-16)37-14-22(35)21-3-2-17(27)9-29-21/h2-3,8-11,18-19,22,35H,4-7,12-14,28H2,1H3/b31-15?,32-24+. The Labute approximate surface area is 222 Å². The lowest BCUT2D eigenvalue weighted by Gasteiger charge is -2.40. The zero-order chi connectivity index (χ0) is 25.9. The summed E-state index contributed by atoms with van der Waals surface area (Å²) in [6, 6.07) is 5.22. The molecule has 0 radical (unpaired) electrons. The lowest BCUT2D eigenvalue weighted by molar-refractivity contribution is -0.0709. The molecule has 3 aromatic rings. The van der Waals surface area contributed by atoms with E-state index in [1.54, 1.807) is 16.8 Å². The molecule has 5 heterocycles. The molecule has 0 amide bonds. The maximum Gasteiger partial charge on any atom is 0.147 e. The van der Waals surface area contributed by atoms with Crippen LogP contribution in [0.5, 0.6) is 5.75 Å². The highest BCUT2D eigenvalue weighted by atomic mass is 79.9. The lowest BCUT2D eigenvalue weighted by atomic mass is 10.0. The van der Waals surface area contributed by atoms with E-state index >= 15 is 0 Å². The molecular formula is C25H29BrFN7O3. The Kier molecular flexibility index (Phi) is 7.79. The third-order valence-corrected chi connectivity index (χ3v) is 7.36. The van der Waals surface area contributed by atoms with Crippen LogP contribution in [-0.4, -0.2) is 81.0 Å². The summed E-state index contributed by atoms with van der Waals surface area (Å²) >= 11 is 3.50. The van der Waals surface area contributed by atoms with Gasteiger partial charge in [0.15, 0.2) is 0 Å². The highest BCUT2D eigenvalue weighted by Crippen LogP contribution is 2.30. The Morgan fingerprint density at radius 2 is 2.11 bits per heavy atom. The van der Waals surface area contributed by atoms with Gasteiger partial charge in [0.05, 0.1) is 53.6 Å². The topological polar surface area (TPSA) is 123 Å². The molecule has 10 nitrogen and oxygen atoms in total. The summed E-state index contributed by atoms with van der Waals surface area (Å²) in [6.45, 7) is 5.46. The second-order valence-corrected chi connectivity index (χ2v) is 10.1. The van der Waals surface area contributed by atoms with Gasteiger partial charge >= 0.3 is 0 Å². The maximum absolute atomic E-state index is 13.2. The minimum Gasteiger partial charge on any atom is -0.488 e. The number of halogens is 2. The van der Waals surface area contributed by atoms with Crippen LogP contribution in [0.15, 0.2) is 51.4 Å². The number of nitrogens with zero attached hydrogens (tertiary/aromatic N) is 6. The zero-order valence-corrected chi connectivity index (χ0v) is 22.0. The van der Waals surface area contributed by atoms with Crippen LogP contribution in [0.2, 0.25) is 0 Å². The summed E-state index contributed by atoms with van der Waals surface area (Å²) in [4.78, 5) is 11.4. The number of rotatable bonds is 8. The van der Waals surface area contributed by atoms with Gasteiger partial charge in [0.2, 0.25) is 0 Å². The molecule has 5 rings (SSSR count). The number of nitrogens with two attached hydrogens (primary N) is 1. The van der Waals surface area contributed by atoms with Gasteiger partial charge < -0.3 is 20.4 Å². The third-order valence-electron chi connectivity index (χ3n) is 6.78. The van der Waals surface area contributed by atoms with Crippen LogP contribution in [0.1, 0.15) is 37.1 Å². The van der Waals surface area contributed by atoms with Crippen molar-refractivity contribution in [1.82, 2.24) is 19.5 Å². The van der Waals surface area contributed by atoms with Crippen molar-refractivity contribution in [1.29, 1.82) is 0 Å². The number of aliphatic imine (C=N–C) groups is 1. The Balaban J connectivity index is 1.34. The average Bonchev–Trinajstić information content (AvgIpc) is 3.24. The van der Waals surface area contributed by atoms with Crippen molar-refractivity contribution in [2.24, 2.45) is 15.9 Å². The fraction of sp³-hybridized carbons (Fsp3) is 0.440. The molecule has 37 heavy (non-hydrogen) atoms. The second kappa shape index (κ2) is 11.2. The number of piperidine rings is 1. The minimum atomic E-state index is -1.05. The van der Waals surface area contributed by atoms with E-state index < -0.39 is 11.9 Å². The van der Waals surface area contributed by atoms with E-state index in [4.69, 9.17) is 20.3 Å². The molecule has 1 atom stereocenters. The largest absolute Gasteiger partial charge is 0.488 e. The third kappa shape index (κ3) is 5.66. The van der Waals surface area contributed by atoms with Crippen LogP contribution in [0.25, 0.3) is 5.52 Å². The van der Waals surface area contributed by atoms with Crippen molar-refractivity contribution in [3.63, 3.8) is 0 Å². The molecule has 0 aromatic carbocycles. The summed E-state index contributed by atoms with van der Waals surface area (Å²) in [7, 11) is 0. The van der Waals surface area contributed by atoms with Crippen LogP contribution in [-0.2, 0) is 4.74 Å². The Morgan fingerprint density at radius 1 is 1.32 bits per heavy atom. The first-order valence-corrected chi connectivity index (χ1v) is 13.0. The fourth-order valence-electron chi connectivity index (χ4n) is 4.65. The van der Waals surface area contributed by atoms with Gasteiger partial charge in [0.1, 0.15) is 35.5 Å². The number of ether oxygens (including phenoxy) is 2. The molecule has 3 N–H and O–H groups in total. The number of aromatic nitrogens is 3. The van der Waals surface area contributed by atoms with Crippen molar-refractivity contribution in [2.45, 2.75) is 38.0 Å². The SMILES string of the molecule is CC(=NC1CCN(C2COC2)CC1)/C(=N\N)c1cc(OCC(O)c2ccc(F)cn2)c2c(Br)cnn2c1. The van der Waals surface area contributed by atoms with E-state index in [0.717, 1.165) is 55.5 Å². The van der Waals surface area contributed by atoms with Crippen LogP contribution in [0.4, 0.5) is 4.39 Å². The van der Waals surface area contributed by atoms with Gasteiger partial charge in [-0.25, -0.2) is 8.91 Å². The molecule has 1 unspecified atom stereocenters. The predicted octanol–water partition coefficient (Wildman–Crippen LogP) is 2.73. The van der Waals surface area contributed by atoms with Gasteiger partial charge in [-0.15, -0.1) is 0 Å². The van der Waals surface area contributed by atoms with E-state index in [1.165, 1.54) is 12.1 Å². The van der Waals surface area contributed by atoms with E-state index in [2.05, 4.69) is 36.0 Å². The van der Waals surface area contributed by atoms with Crippen molar-refractivity contribution in [2.75, 3.05) is 32.9 Å². The molecule has 0 bridgehead atoms. The molecule has 2 saturated heterocycles. The molecule has 12 heteroatoms. The molecule has 0 saturated carbocycles. The zero-order valence-electron chi connectivity index (χ0n) is 20.4. The molecule has 0 spiro atoms. The fourth-order valence-corrected chi connectivity index (χ4v) is 5.12. The van der Waals surface area contributed by atoms with E-state index in [1.807, 2.05) is 13.1 Å². The molecular weight excluding hydrogens is 545 g/mol. The summed E-state index contributed by atoms with van der Waals surface area (Å²) in [5.74, 6) is 5.83. The molecule has 0 aliphatic carbocycles. The smallest absolute Gasteiger partial charge is 0.147 e. The first kappa shape index (κ1) is 25.7. The van der Waals surface area contributed by atoms with Gasteiger partial charge in [-0.1, -0.05) is 0 Å². The Morgan fingerprint density at radius 3 is 2.76 bits per heavy atom. The predicted molar refractivity (Wildman–Crippen MR) is 141 cm³/mol. The maximum atomic E-state index is 13.2. The number of hydrogen-bond donors (Lipinski definition) is 2.